The number of nitrogens with one attached hydrogen (secondary N) is 2. The van der Waals surface area contributed by atoms with Crippen molar-refractivity contribution >= 4 is 11.8 Å². The summed E-state index contributed by atoms with van der Waals surface area (Å²) in [4.78, 5) is 24.0. The molecule has 0 aliphatic carbocycles. The lowest BCUT2D eigenvalue weighted by Gasteiger charge is -2.08. The van der Waals surface area contributed by atoms with Gasteiger partial charge in [-0.2, -0.15) is 0 Å². The molecular formula is C19H20N2O4. The minimum atomic E-state index is -0.246. The molecule has 2 N–H and O–H groups in total. The lowest BCUT2D eigenvalue weighted by atomic mass is 10.1. The van der Waals surface area contributed by atoms with Crippen molar-refractivity contribution in [3.8, 4) is 11.5 Å². The third-order valence-electron chi connectivity index (χ3n) is 3.88. The molecule has 2 aromatic carbocycles. The number of hydrogen-bond donors (Lipinski definition) is 2. The molecule has 0 unspecified atom stereocenters. The zero-order chi connectivity index (χ0) is 17.6. The maximum Gasteiger partial charge on any atom is 0.251 e. The van der Waals surface area contributed by atoms with Crippen LogP contribution in [0.25, 0.3) is 0 Å². The predicted octanol–water partition coefficient (Wildman–Crippen LogP) is 2.16. The van der Waals surface area contributed by atoms with Crippen molar-refractivity contribution in [2.24, 2.45) is 0 Å². The second-order valence-corrected chi connectivity index (χ2v) is 5.84. The first-order valence-electron chi connectivity index (χ1n) is 8.12. The standard InChI is InChI=1S/C19H20N2O4/c1-13-2-4-14(5-3-13)11-21-18(22)8-9-20-19(23)15-6-7-16-17(10-15)25-12-24-16/h2-7,10H,8-9,11-12H2,1H3,(H,20,23)(H,21,22). The van der Waals surface area contributed by atoms with E-state index in [1.165, 1.54) is 5.56 Å². The van der Waals surface area contributed by atoms with E-state index in [4.69, 9.17) is 9.47 Å². The van der Waals surface area contributed by atoms with E-state index in [-0.39, 0.29) is 31.6 Å². The van der Waals surface area contributed by atoms with Crippen molar-refractivity contribution in [2.45, 2.75) is 19.9 Å². The summed E-state index contributed by atoms with van der Waals surface area (Å²) in [6, 6.07) is 13.0. The van der Waals surface area contributed by atoms with Gasteiger partial charge in [-0.1, -0.05) is 29.8 Å². The molecule has 0 saturated carbocycles. The number of hydrogen-bond acceptors (Lipinski definition) is 4. The summed E-state index contributed by atoms with van der Waals surface area (Å²) in [5.41, 5.74) is 2.70. The number of carbonyl (C=O) groups excluding carboxylic acids is 2. The topological polar surface area (TPSA) is 76.7 Å². The van der Waals surface area contributed by atoms with E-state index in [9.17, 15) is 9.59 Å². The Bertz CT molecular complexity index is 771. The molecule has 0 fully saturated rings. The van der Waals surface area contributed by atoms with Crippen LogP contribution in [0.5, 0.6) is 11.5 Å². The molecule has 1 aliphatic heterocycles. The van der Waals surface area contributed by atoms with Crippen molar-refractivity contribution in [2.75, 3.05) is 13.3 Å². The molecule has 6 nitrogen and oxygen atoms in total. The van der Waals surface area contributed by atoms with Gasteiger partial charge in [0.05, 0.1) is 0 Å². The van der Waals surface area contributed by atoms with E-state index in [1.807, 2.05) is 31.2 Å². The van der Waals surface area contributed by atoms with Crippen LogP contribution in [0.4, 0.5) is 0 Å². The molecule has 1 heterocycles. The van der Waals surface area contributed by atoms with Crippen molar-refractivity contribution < 1.29 is 19.1 Å². The highest BCUT2D eigenvalue weighted by molar-refractivity contribution is 5.95. The quantitative estimate of drug-likeness (QED) is 0.845. The second kappa shape index (κ2) is 7.70. The molecule has 0 atom stereocenters. The fraction of sp³-hybridized carbons (Fsp3) is 0.263. The Morgan fingerprint density at radius 2 is 1.76 bits per heavy atom. The van der Waals surface area contributed by atoms with Crippen LogP contribution in [0.1, 0.15) is 27.9 Å². The van der Waals surface area contributed by atoms with E-state index >= 15 is 0 Å². The summed E-state index contributed by atoms with van der Waals surface area (Å²) >= 11 is 0. The summed E-state index contributed by atoms with van der Waals surface area (Å²) in [6.45, 7) is 2.94. The van der Waals surface area contributed by atoms with Crippen LogP contribution in [0.15, 0.2) is 42.5 Å². The first kappa shape index (κ1) is 16.8. The van der Waals surface area contributed by atoms with Crippen LogP contribution in [0.2, 0.25) is 0 Å². The summed E-state index contributed by atoms with van der Waals surface area (Å²) < 4.78 is 10.5. The first-order valence-corrected chi connectivity index (χ1v) is 8.12. The molecule has 0 radical (unpaired) electrons. The molecule has 0 saturated heterocycles. The highest BCUT2D eigenvalue weighted by Crippen LogP contribution is 2.32. The largest absolute Gasteiger partial charge is 0.454 e. The van der Waals surface area contributed by atoms with Crippen LogP contribution in [-0.4, -0.2) is 25.2 Å². The molecule has 0 spiro atoms. The molecule has 130 valence electrons. The minimum Gasteiger partial charge on any atom is -0.454 e. The van der Waals surface area contributed by atoms with Gasteiger partial charge >= 0.3 is 0 Å². The van der Waals surface area contributed by atoms with Gasteiger partial charge in [0.1, 0.15) is 0 Å². The van der Waals surface area contributed by atoms with Crippen LogP contribution < -0.4 is 20.1 Å². The lowest BCUT2D eigenvalue weighted by molar-refractivity contribution is -0.121. The molecule has 3 rings (SSSR count). The number of benzene rings is 2. The third kappa shape index (κ3) is 4.50. The van der Waals surface area contributed by atoms with Gasteiger partial charge in [-0.25, -0.2) is 0 Å². The van der Waals surface area contributed by atoms with Gasteiger partial charge in [-0.05, 0) is 30.7 Å². The fourth-order valence-electron chi connectivity index (χ4n) is 2.42. The Morgan fingerprint density at radius 1 is 1.00 bits per heavy atom. The van der Waals surface area contributed by atoms with Gasteiger partial charge in [0.15, 0.2) is 11.5 Å². The Morgan fingerprint density at radius 3 is 2.56 bits per heavy atom. The number of rotatable bonds is 6. The normalized spacial score (nSPS) is 11.9. The number of aryl methyl sites for hydroxylation is 1. The van der Waals surface area contributed by atoms with Gasteiger partial charge in [-0.3, -0.25) is 9.59 Å². The summed E-state index contributed by atoms with van der Waals surface area (Å²) in [5, 5.41) is 5.57. The molecule has 2 aromatic rings. The van der Waals surface area contributed by atoms with E-state index in [0.29, 0.717) is 23.6 Å². The Labute approximate surface area is 146 Å². The van der Waals surface area contributed by atoms with Crippen LogP contribution in [0, 0.1) is 6.92 Å². The zero-order valence-electron chi connectivity index (χ0n) is 14.0. The maximum absolute atomic E-state index is 12.1. The highest BCUT2D eigenvalue weighted by atomic mass is 16.7. The number of carbonyl (C=O) groups is 2. The minimum absolute atomic E-state index is 0.105. The van der Waals surface area contributed by atoms with Crippen LogP contribution in [0.3, 0.4) is 0 Å². The Kier molecular flexibility index (Phi) is 5.18. The maximum atomic E-state index is 12.1. The number of ether oxygens (including phenoxy) is 2. The monoisotopic (exact) mass is 340 g/mol. The average molecular weight is 340 g/mol. The number of fused-ring (bicyclic) bond motifs is 1. The molecular weight excluding hydrogens is 320 g/mol. The van der Waals surface area contributed by atoms with Crippen molar-refractivity contribution in [3.05, 3.63) is 59.2 Å². The SMILES string of the molecule is Cc1ccc(CNC(=O)CCNC(=O)c2ccc3c(c2)OCO3)cc1. The molecule has 6 heteroatoms. The third-order valence-corrected chi connectivity index (χ3v) is 3.88. The van der Waals surface area contributed by atoms with E-state index < -0.39 is 0 Å². The van der Waals surface area contributed by atoms with Gasteiger partial charge in [0.2, 0.25) is 12.7 Å². The lowest BCUT2D eigenvalue weighted by Crippen LogP contribution is -2.30. The van der Waals surface area contributed by atoms with Gasteiger partial charge < -0.3 is 20.1 Å². The molecule has 0 aromatic heterocycles. The van der Waals surface area contributed by atoms with E-state index in [1.54, 1.807) is 18.2 Å². The average Bonchev–Trinajstić information content (AvgIpc) is 3.09. The Hall–Kier alpha value is -3.02. The van der Waals surface area contributed by atoms with Gasteiger partial charge in [0, 0.05) is 25.1 Å². The first-order chi connectivity index (χ1) is 12.1. The molecule has 2 amide bonds. The van der Waals surface area contributed by atoms with Crippen LogP contribution >= 0.6 is 0 Å². The van der Waals surface area contributed by atoms with Gasteiger partial charge in [-0.15, -0.1) is 0 Å². The fourth-order valence-corrected chi connectivity index (χ4v) is 2.42. The summed E-state index contributed by atoms with van der Waals surface area (Å²) in [5.74, 6) is 0.840. The highest BCUT2D eigenvalue weighted by Gasteiger charge is 2.16. The molecule has 0 bridgehead atoms. The van der Waals surface area contributed by atoms with Crippen molar-refractivity contribution in [3.63, 3.8) is 0 Å². The van der Waals surface area contributed by atoms with Gasteiger partial charge in [0.25, 0.3) is 5.91 Å². The van der Waals surface area contributed by atoms with Crippen molar-refractivity contribution in [1.29, 1.82) is 0 Å². The summed E-state index contributed by atoms with van der Waals surface area (Å²) in [7, 11) is 0. The van der Waals surface area contributed by atoms with Crippen LogP contribution in [-0.2, 0) is 11.3 Å². The predicted molar refractivity (Wildman–Crippen MR) is 92.5 cm³/mol. The zero-order valence-corrected chi connectivity index (χ0v) is 14.0. The molecule has 25 heavy (non-hydrogen) atoms. The van der Waals surface area contributed by atoms with E-state index in [0.717, 1.165) is 5.56 Å². The Balaban J connectivity index is 1.40. The molecule has 1 aliphatic rings. The second-order valence-electron chi connectivity index (χ2n) is 5.84. The summed E-state index contributed by atoms with van der Waals surface area (Å²) in [6.07, 6.45) is 0.224. The van der Waals surface area contributed by atoms with E-state index in [2.05, 4.69) is 10.6 Å². The smallest absolute Gasteiger partial charge is 0.251 e. The number of amides is 2. The van der Waals surface area contributed by atoms with Crippen molar-refractivity contribution in [1.82, 2.24) is 10.6 Å².